The molecule has 1 nitrogen and oxygen atoms in total. The van der Waals surface area contributed by atoms with Gasteiger partial charge in [0.2, 0.25) is 0 Å². The molecule has 0 spiro atoms. The summed E-state index contributed by atoms with van der Waals surface area (Å²) < 4.78 is 6.25. The minimum Gasteiger partial charge on any atom is -0.455 e. The van der Waals surface area contributed by atoms with Gasteiger partial charge in [-0.05, 0) is 121 Å². The summed E-state index contributed by atoms with van der Waals surface area (Å²) in [5, 5.41) is 0. The summed E-state index contributed by atoms with van der Waals surface area (Å²) in [6.07, 6.45) is 0. The Morgan fingerprint density at radius 3 is 0.642 bits per heavy atom. The number of ether oxygens (including phenoxy) is 1. The van der Waals surface area contributed by atoms with E-state index in [2.05, 4.69) is 146 Å². The number of hydrogen-bond donors (Lipinski definition) is 0. The van der Waals surface area contributed by atoms with E-state index < -0.39 is 23.4 Å². The molecule has 0 aliphatic carbocycles. The third-order valence-electron chi connectivity index (χ3n) is 6.77. The standard InChI is InChI=1S/C38H28O.12ClH.2Sb/c1-5-13-29(14-6-1)37(30-15-7-2-8-16-30)33-21-25-35(26-22-33)39-36-27-23-34(24-28-36)38(31-17-9-3-10-18-31)32-19-11-4-12-20-32;;;;;;;;;;;;;;/h1-28H;12*1H;;/q+2;;;;;;;;;;;;;2*+5/p-12. The largest absolute Gasteiger partial charge is 0.455 e. The predicted molar refractivity (Wildman–Crippen MR) is 230 cm³/mol. The van der Waals surface area contributed by atoms with Crippen LogP contribution < -0.4 is 29.6 Å². The van der Waals surface area contributed by atoms with E-state index in [-0.39, 0.29) is 24.8 Å². The van der Waals surface area contributed by atoms with Crippen molar-refractivity contribution in [2.24, 2.45) is 0 Å². The van der Waals surface area contributed by atoms with Crippen molar-refractivity contribution in [3.05, 3.63) is 215 Å². The van der Waals surface area contributed by atoms with E-state index in [0.717, 1.165) is 22.6 Å². The molecule has 0 unspecified atom stereocenters. The van der Waals surface area contributed by atoms with Crippen LogP contribution in [0.2, 0.25) is 0 Å². The van der Waals surface area contributed by atoms with Crippen LogP contribution in [0.1, 0.15) is 33.4 Å². The van der Waals surface area contributed by atoms with Crippen LogP contribution in [0.5, 0.6) is 11.5 Å². The second kappa shape index (κ2) is 21.7. The van der Waals surface area contributed by atoms with Gasteiger partial charge in [0.1, 0.15) is 11.5 Å². The second-order valence-electron chi connectivity index (χ2n) is 10.6. The molecule has 0 atom stereocenters. The van der Waals surface area contributed by atoms with Crippen LogP contribution in [0, 0.1) is 11.8 Å². The minimum absolute atomic E-state index is 0. The molecule has 0 saturated heterocycles. The molecule has 0 aliphatic rings. The van der Waals surface area contributed by atoms with Crippen molar-refractivity contribution in [3.8, 4) is 11.5 Å². The van der Waals surface area contributed by atoms with Gasteiger partial charge in [-0.1, -0.05) is 24.3 Å². The van der Waals surface area contributed by atoms with Gasteiger partial charge in [-0.15, -0.1) is 0 Å². The van der Waals surface area contributed by atoms with Gasteiger partial charge >= 0.3 is 112 Å². The van der Waals surface area contributed by atoms with Crippen molar-refractivity contribution in [1.82, 2.24) is 0 Å². The van der Waals surface area contributed by atoms with Crippen molar-refractivity contribution >= 4 is 112 Å². The van der Waals surface area contributed by atoms with Gasteiger partial charge in [0.25, 0.3) is 0 Å². The molecule has 0 aromatic heterocycles. The second-order valence-corrected chi connectivity index (χ2v) is 86.5. The summed E-state index contributed by atoms with van der Waals surface area (Å²) in [5.41, 5.74) is 7.07. The van der Waals surface area contributed by atoms with E-state index in [1.54, 1.807) is 0 Å². The Morgan fingerprint density at radius 1 is 0.283 bits per heavy atom. The first-order valence-electron chi connectivity index (χ1n) is 14.9. The van der Waals surface area contributed by atoms with Crippen LogP contribution in [-0.4, -0.2) is 23.4 Å². The molecule has 0 fully saturated rings. The van der Waals surface area contributed by atoms with Gasteiger partial charge < -0.3 is 29.6 Å². The molecular weight excluding hydrogens is 1140 g/mol. The van der Waals surface area contributed by atoms with Gasteiger partial charge in [0.05, 0.1) is 45.2 Å². The van der Waals surface area contributed by atoms with Crippen LogP contribution >= 0.6 is 88.3 Å². The van der Waals surface area contributed by atoms with Crippen LogP contribution in [0.25, 0.3) is 0 Å². The van der Waals surface area contributed by atoms with Crippen LogP contribution in [-0.2, 0) is 0 Å². The summed E-state index contributed by atoms with van der Waals surface area (Å²) in [6.45, 7) is 0. The zero-order valence-electron chi connectivity index (χ0n) is 27.0. The van der Waals surface area contributed by atoms with E-state index in [9.17, 15) is 0 Å². The fraction of sp³-hybridized carbons (Fsp3) is 0. The smallest absolute Gasteiger partial charge is 0.138 e. The fourth-order valence-corrected chi connectivity index (χ4v) is 4.93. The molecule has 0 heterocycles. The zero-order chi connectivity index (χ0) is 37.2. The van der Waals surface area contributed by atoms with Crippen molar-refractivity contribution in [3.63, 3.8) is 0 Å². The minimum atomic E-state index is -4.33. The average Bonchev–Trinajstić information content (AvgIpc) is 3.06. The van der Waals surface area contributed by atoms with Crippen LogP contribution in [0.4, 0.5) is 0 Å². The number of halogens is 12. The molecule has 0 N–H and O–H groups in total. The summed E-state index contributed by atoms with van der Waals surface area (Å²) >= 11 is -8.66. The SMILES string of the molecule is [Cl-].[Cl-].[Cl][Sb]([Cl])([Cl])([Cl])[Cl].[Cl][Sb]([Cl])([Cl])([Cl])[Cl].c1ccc([C+](c2ccccc2)c2ccc(Oc3ccc([C+](c4ccccc4)c4ccccc4)cc3)cc2)cc1. The van der Waals surface area contributed by atoms with E-state index in [1.807, 2.05) is 24.3 Å². The summed E-state index contributed by atoms with van der Waals surface area (Å²) in [4.78, 5) is 0. The molecule has 0 radical (unpaired) electrons. The molecule has 0 bridgehead atoms. The Bertz CT molecular complexity index is 1680. The molecule has 6 aromatic rings. The van der Waals surface area contributed by atoms with E-state index >= 15 is 0 Å². The van der Waals surface area contributed by atoms with Crippen molar-refractivity contribution in [2.45, 2.75) is 0 Å². The monoisotopic (exact) mass is 1160 g/mol. The summed E-state index contributed by atoms with van der Waals surface area (Å²) in [5.74, 6) is 4.03. The Labute approximate surface area is 362 Å². The van der Waals surface area contributed by atoms with Crippen molar-refractivity contribution in [1.29, 1.82) is 0 Å². The van der Waals surface area contributed by atoms with Gasteiger partial charge in [0, 0.05) is 24.3 Å². The van der Waals surface area contributed by atoms with Gasteiger partial charge in [-0.2, -0.15) is 0 Å². The Balaban J connectivity index is 0.000000604. The van der Waals surface area contributed by atoms with Gasteiger partial charge in [-0.25, -0.2) is 0 Å². The first-order valence-corrected chi connectivity index (χ1v) is 47.2. The quantitative estimate of drug-likeness (QED) is 0.0839. The molecule has 15 heteroatoms. The third-order valence-corrected chi connectivity index (χ3v) is 6.77. The molecule has 53 heavy (non-hydrogen) atoms. The molecule has 0 aliphatic heterocycles. The Kier molecular flexibility index (Phi) is 20.1. The van der Waals surface area contributed by atoms with Gasteiger partial charge in [-0.3, -0.25) is 0 Å². The van der Waals surface area contributed by atoms with Crippen molar-refractivity contribution in [2.75, 3.05) is 0 Å². The Hall–Kier alpha value is -0.0236. The molecule has 6 rings (SSSR count). The fourth-order valence-electron chi connectivity index (χ4n) is 4.93. The van der Waals surface area contributed by atoms with E-state index in [0.29, 0.717) is 0 Å². The summed E-state index contributed by atoms with van der Waals surface area (Å²) in [6, 6.07) is 58.8. The molecule has 280 valence electrons. The molecule has 0 saturated carbocycles. The normalized spacial score (nSPS) is 12.1. The number of hydrogen-bond acceptors (Lipinski definition) is 1. The maximum atomic E-state index is 6.25. The summed E-state index contributed by atoms with van der Waals surface area (Å²) in [7, 11) is 50.5. The average molecular weight is 1170 g/mol. The maximum Gasteiger partial charge on any atom is 0.138 e. The molecular formula is C38H28Cl12OSb2. The Morgan fingerprint density at radius 2 is 0.453 bits per heavy atom. The first-order chi connectivity index (χ1) is 23.8. The number of benzene rings is 6. The first kappa shape index (κ1) is 49.1. The molecule has 6 aromatic carbocycles. The molecule has 0 amide bonds. The van der Waals surface area contributed by atoms with Crippen LogP contribution in [0.3, 0.4) is 0 Å². The van der Waals surface area contributed by atoms with Crippen LogP contribution in [0.15, 0.2) is 170 Å². The van der Waals surface area contributed by atoms with E-state index in [1.165, 1.54) is 34.1 Å². The van der Waals surface area contributed by atoms with Gasteiger partial charge in [0.15, 0.2) is 0 Å². The third kappa shape index (κ3) is 20.3. The maximum absolute atomic E-state index is 6.25. The van der Waals surface area contributed by atoms with E-state index in [4.69, 9.17) is 93.0 Å². The van der Waals surface area contributed by atoms with Crippen molar-refractivity contribution < 1.29 is 29.6 Å². The predicted octanol–water partition coefficient (Wildman–Crippen LogP) is 9.66. The zero-order valence-corrected chi connectivity index (χ0v) is 41.2. The topological polar surface area (TPSA) is 9.23 Å². The number of rotatable bonds is 8.